The van der Waals surface area contributed by atoms with Gasteiger partial charge < -0.3 is 15.3 Å². The van der Waals surface area contributed by atoms with E-state index in [1.807, 2.05) is 19.0 Å². The van der Waals surface area contributed by atoms with E-state index < -0.39 is 0 Å². The molecule has 0 rings (SSSR count). The van der Waals surface area contributed by atoms with E-state index in [-0.39, 0.29) is 6.10 Å². The predicted molar refractivity (Wildman–Crippen MR) is 60.1 cm³/mol. The normalized spacial score (nSPS) is 15.1. The third-order valence-corrected chi connectivity index (χ3v) is 2.08. The van der Waals surface area contributed by atoms with Crippen LogP contribution in [0.3, 0.4) is 0 Å². The number of nitrogens with zero attached hydrogens (tertiary/aromatic N) is 1. The average molecular weight is 198 g/mol. The molecule has 0 saturated carbocycles. The average Bonchev–Trinajstić information content (AvgIpc) is 2.11. The second-order valence-corrected chi connectivity index (χ2v) is 3.84. The van der Waals surface area contributed by atoms with Crippen LogP contribution in [0.4, 0.5) is 0 Å². The molecule has 0 radical (unpaired) electrons. The summed E-state index contributed by atoms with van der Waals surface area (Å²) in [6.45, 7) is 3.38. The second kappa shape index (κ2) is 7.81. The van der Waals surface area contributed by atoms with E-state index in [1.54, 1.807) is 0 Å². The number of aliphatic hydroxyl groups is 1. The summed E-state index contributed by atoms with van der Waals surface area (Å²) >= 11 is 0. The molecule has 0 fully saturated rings. The lowest BCUT2D eigenvalue weighted by Crippen LogP contribution is -2.39. The summed E-state index contributed by atoms with van der Waals surface area (Å²) in [5.41, 5.74) is 0. The van der Waals surface area contributed by atoms with Gasteiger partial charge in [-0.1, -0.05) is 6.92 Å². The molecule has 14 heavy (non-hydrogen) atoms. The minimum atomic E-state index is -0.322. The SMILES string of the molecule is C#CCC(CC)NCC(O)CN(C)C. The Bertz CT molecular complexity index is 175. The van der Waals surface area contributed by atoms with Crippen molar-refractivity contribution in [1.82, 2.24) is 10.2 Å². The van der Waals surface area contributed by atoms with Gasteiger partial charge in [0, 0.05) is 25.6 Å². The Morgan fingerprint density at radius 3 is 2.57 bits per heavy atom. The van der Waals surface area contributed by atoms with Crippen LogP contribution in [-0.4, -0.2) is 49.3 Å². The smallest absolute Gasteiger partial charge is 0.0791 e. The summed E-state index contributed by atoms with van der Waals surface area (Å²) in [6.07, 6.45) is 6.64. The largest absolute Gasteiger partial charge is 0.390 e. The highest BCUT2D eigenvalue weighted by Gasteiger charge is 2.08. The molecule has 0 aromatic carbocycles. The lowest BCUT2D eigenvalue weighted by Gasteiger charge is -2.20. The van der Waals surface area contributed by atoms with Crippen LogP contribution in [0.2, 0.25) is 0 Å². The first kappa shape index (κ1) is 13.4. The Morgan fingerprint density at radius 2 is 2.14 bits per heavy atom. The van der Waals surface area contributed by atoms with Gasteiger partial charge in [0.05, 0.1) is 6.10 Å². The van der Waals surface area contributed by atoms with Crippen molar-refractivity contribution in [3.63, 3.8) is 0 Å². The maximum absolute atomic E-state index is 9.58. The monoisotopic (exact) mass is 198 g/mol. The zero-order chi connectivity index (χ0) is 11.0. The van der Waals surface area contributed by atoms with E-state index in [2.05, 4.69) is 18.2 Å². The van der Waals surface area contributed by atoms with Crippen molar-refractivity contribution in [2.45, 2.75) is 31.9 Å². The quantitative estimate of drug-likeness (QED) is 0.578. The molecule has 0 heterocycles. The maximum atomic E-state index is 9.58. The van der Waals surface area contributed by atoms with Crippen molar-refractivity contribution in [2.75, 3.05) is 27.2 Å². The van der Waals surface area contributed by atoms with Gasteiger partial charge in [0.2, 0.25) is 0 Å². The Hall–Kier alpha value is -0.560. The second-order valence-electron chi connectivity index (χ2n) is 3.84. The number of rotatable bonds is 7. The lowest BCUT2D eigenvalue weighted by atomic mass is 10.1. The van der Waals surface area contributed by atoms with Gasteiger partial charge in [-0.3, -0.25) is 0 Å². The van der Waals surface area contributed by atoms with Crippen molar-refractivity contribution < 1.29 is 5.11 Å². The molecule has 0 aliphatic rings. The molecule has 0 bridgehead atoms. The van der Waals surface area contributed by atoms with Crippen LogP contribution < -0.4 is 5.32 Å². The van der Waals surface area contributed by atoms with Gasteiger partial charge in [0.15, 0.2) is 0 Å². The zero-order valence-electron chi connectivity index (χ0n) is 9.45. The van der Waals surface area contributed by atoms with Gasteiger partial charge in [-0.2, -0.15) is 0 Å². The van der Waals surface area contributed by atoms with Crippen LogP contribution in [0.1, 0.15) is 19.8 Å². The summed E-state index contributed by atoms with van der Waals surface area (Å²) in [5, 5.41) is 12.8. The van der Waals surface area contributed by atoms with E-state index >= 15 is 0 Å². The number of hydrogen-bond donors (Lipinski definition) is 2. The van der Waals surface area contributed by atoms with Crippen molar-refractivity contribution in [3.8, 4) is 12.3 Å². The molecule has 2 atom stereocenters. The highest BCUT2D eigenvalue weighted by atomic mass is 16.3. The number of aliphatic hydroxyl groups excluding tert-OH is 1. The molecule has 2 unspecified atom stereocenters. The summed E-state index contributed by atoms with van der Waals surface area (Å²) in [5.74, 6) is 2.63. The van der Waals surface area contributed by atoms with Crippen LogP contribution in [0.15, 0.2) is 0 Å². The van der Waals surface area contributed by atoms with E-state index in [0.29, 0.717) is 19.1 Å². The molecule has 82 valence electrons. The predicted octanol–water partition coefficient (Wildman–Crippen LogP) is 0.300. The van der Waals surface area contributed by atoms with E-state index in [1.165, 1.54) is 0 Å². The van der Waals surface area contributed by atoms with E-state index in [0.717, 1.165) is 12.8 Å². The maximum Gasteiger partial charge on any atom is 0.0791 e. The molecule has 3 nitrogen and oxygen atoms in total. The summed E-state index contributed by atoms with van der Waals surface area (Å²) in [6, 6.07) is 0.330. The summed E-state index contributed by atoms with van der Waals surface area (Å²) in [4.78, 5) is 1.97. The van der Waals surface area contributed by atoms with Crippen LogP contribution in [0.25, 0.3) is 0 Å². The van der Waals surface area contributed by atoms with Gasteiger partial charge in [-0.15, -0.1) is 12.3 Å². The summed E-state index contributed by atoms with van der Waals surface area (Å²) < 4.78 is 0. The number of nitrogens with one attached hydrogen (secondary N) is 1. The summed E-state index contributed by atoms with van der Waals surface area (Å²) in [7, 11) is 3.89. The van der Waals surface area contributed by atoms with Crippen LogP contribution in [-0.2, 0) is 0 Å². The molecule has 0 saturated heterocycles. The topological polar surface area (TPSA) is 35.5 Å². The Kier molecular flexibility index (Phi) is 7.50. The van der Waals surface area contributed by atoms with Crippen molar-refractivity contribution in [1.29, 1.82) is 0 Å². The molecular weight excluding hydrogens is 176 g/mol. The fraction of sp³-hybridized carbons (Fsp3) is 0.818. The first-order chi connectivity index (χ1) is 6.60. The fourth-order valence-electron chi connectivity index (χ4n) is 1.29. The van der Waals surface area contributed by atoms with Gasteiger partial charge in [0.1, 0.15) is 0 Å². The zero-order valence-corrected chi connectivity index (χ0v) is 9.45. The molecule has 3 heteroatoms. The van der Waals surface area contributed by atoms with E-state index in [9.17, 15) is 5.11 Å². The molecule has 0 amide bonds. The van der Waals surface area contributed by atoms with Crippen molar-refractivity contribution in [3.05, 3.63) is 0 Å². The van der Waals surface area contributed by atoms with Crippen molar-refractivity contribution >= 4 is 0 Å². The molecule has 2 N–H and O–H groups in total. The third kappa shape index (κ3) is 6.90. The molecular formula is C11H22N2O. The molecule has 0 spiro atoms. The molecule has 0 aliphatic carbocycles. The Labute approximate surface area is 87.5 Å². The van der Waals surface area contributed by atoms with Crippen LogP contribution in [0, 0.1) is 12.3 Å². The third-order valence-electron chi connectivity index (χ3n) is 2.08. The lowest BCUT2D eigenvalue weighted by molar-refractivity contribution is 0.131. The van der Waals surface area contributed by atoms with Gasteiger partial charge in [-0.05, 0) is 20.5 Å². The number of terminal acetylenes is 1. The highest BCUT2D eigenvalue weighted by molar-refractivity contribution is 4.89. The molecule has 0 aromatic rings. The minimum Gasteiger partial charge on any atom is -0.390 e. The molecule has 0 aromatic heterocycles. The standard InChI is InChI=1S/C11H22N2O/c1-5-7-10(6-2)12-8-11(14)9-13(3)4/h1,10-12,14H,6-9H2,2-4H3. The number of likely N-dealkylation sites (N-methyl/N-ethyl adjacent to an activating group) is 1. The fourth-order valence-corrected chi connectivity index (χ4v) is 1.29. The minimum absolute atomic E-state index is 0.322. The van der Waals surface area contributed by atoms with Crippen LogP contribution in [0.5, 0.6) is 0 Å². The number of hydrogen-bond acceptors (Lipinski definition) is 3. The first-order valence-corrected chi connectivity index (χ1v) is 5.09. The van der Waals surface area contributed by atoms with Crippen molar-refractivity contribution in [2.24, 2.45) is 0 Å². The van der Waals surface area contributed by atoms with Crippen LogP contribution >= 0.6 is 0 Å². The molecule has 0 aliphatic heterocycles. The van der Waals surface area contributed by atoms with Gasteiger partial charge in [-0.25, -0.2) is 0 Å². The first-order valence-electron chi connectivity index (χ1n) is 5.09. The Morgan fingerprint density at radius 1 is 1.50 bits per heavy atom. The Balaban J connectivity index is 3.63. The highest BCUT2D eigenvalue weighted by Crippen LogP contribution is 1.96. The van der Waals surface area contributed by atoms with Gasteiger partial charge in [0.25, 0.3) is 0 Å². The van der Waals surface area contributed by atoms with Gasteiger partial charge >= 0.3 is 0 Å². The van der Waals surface area contributed by atoms with E-state index in [4.69, 9.17) is 6.42 Å².